The van der Waals surface area contributed by atoms with Gasteiger partial charge in [-0.25, -0.2) is 14.4 Å². The monoisotopic (exact) mass is 453 g/mol. The summed E-state index contributed by atoms with van der Waals surface area (Å²) in [6.07, 6.45) is 1.40. The highest BCUT2D eigenvalue weighted by Crippen LogP contribution is 2.21. The van der Waals surface area contributed by atoms with Crippen LogP contribution in [-0.4, -0.2) is 71.0 Å². The van der Waals surface area contributed by atoms with Crippen molar-refractivity contribution >= 4 is 28.5 Å². The molecule has 0 spiro atoms. The number of fused-ring (bicyclic) bond motifs is 1. The summed E-state index contributed by atoms with van der Waals surface area (Å²) in [7, 11) is 1.48. The second-order valence-corrected chi connectivity index (χ2v) is 7.67. The van der Waals surface area contributed by atoms with Gasteiger partial charge in [0, 0.05) is 38.2 Å². The van der Waals surface area contributed by atoms with Gasteiger partial charge in [0.15, 0.2) is 6.61 Å². The summed E-state index contributed by atoms with van der Waals surface area (Å²) in [6, 6.07) is 10.4. The van der Waals surface area contributed by atoms with E-state index in [0.29, 0.717) is 31.0 Å². The van der Waals surface area contributed by atoms with Gasteiger partial charge in [-0.1, -0.05) is 12.1 Å². The highest BCUT2D eigenvalue weighted by molar-refractivity contribution is 5.90. The summed E-state index contributed by atoms with van der Waals surface area (Å²) >= 11 is 0. The van der Waals surface area contributed by atoms with E-state index in [4.69, 9.17) is 15.2 Å². The van der Waals surface area contributed by atoms with Crippen molar-refractivity contribution in [3.8, 4) is 5.75 Å². The molecular weight excluding hydrogens is 429 g/mol. The first-order valence-corrected chi connectivity index (χ1v) is 10.4. The lowest BCUT2D eigenvalue weighted by Gasteiger charge is -2.40. The molecule has 33 heavy (non-hydrogen) atoms. The average molecular weight is 453 g/mol. The summed E-state index contributed by atoms with van der Waals surface area (Å²) in [4.78, 5) is 37.3. The molecule has 0 radical (unpaired) electrons. The van der Waals surface area contributed by atoms with Crippen LogP contribution in [0.4, 0.5) is 10.2 Å². The maximum Gasteiger partial charge on any atom is 0.261 e. The van der Waals surface area contributed by atoms with E-state index in [1.807, 2.05) is 18.2 Å². The molecule has 2 amide bonds. The zero-order chi connectivity index (χ0) is 23.4. The van der Waals surface area contributed by atoms with Crippen LogP contribution in [0.15, 0.2) is 48.8 Å². The van der Waals surface area contributed by atoms with Crippen molar-refractivity contribution in [3.05, 3.63) is 60.2 Å². The van der Waals surface area contributed by atoms with E-state index in [-0.39, 0.29) is 30.8 Å². The van der Waals surface area contributed by atoms with Crippen molar-refractivity contribution in [1.29, 1.82) is 0 Å². The number of methoxy groups -OCH3 is 1. The van der Waals surface area contributed by atoms with E-state index in [1.54, 1.807) is 11.0 Å². The molecule has 2 N–H and O–H groups in total. The van der Waals surface area contributed by atoms with Crippen molar-refractivity contribution in [1.82, 2.24) is 19.8 Å². The predicted molar refractivity (Wildman–Crippen MR) is 119 cm³/mol. The number of anilines is 1. The second kappa shape index (κ2) is 9.78. The lowest BCUT2D eigenvalue weighted by atomic mass is 10.1. The molecule has 1 saturated heterocycles. The van der Waals surface area contributed by atoms with Gasteiger partial charge in [0.05, 0.1) is 12.1 Å². The van der Waals surface area contributed by atoms with Gasteiger partial charge in [-0.3, -0.25) is 9.59 Å². The zero-order valence-corrected chi connectivity index (χ0v) is 18.1. The van der Waals surface area contributed by atoms with E-state index >= 15 is 0 Å². The molecule has 0 bridgehead atoms. The van der Waals surface area contributed by atoms with E-state index in [2.05, 4.69) is 9.97 Å². The van der Waals surface area contributed by atoms with Crippen LogP contribution in [0.5, 0.6) is 5.75 Å². The zero-order valence-electron chi connectivity index (χ0n) is 18.1. The quantitative estimate of drug-likeness (QED) is 0.579. The first kappa shape index (κ1) is 22.4. The fourth-order valence-corrected chi connectivity index (χ4v) is 3.84. The summed E-state index contributed by atoms with van der Waals surface area (Å²) in [5.74, 6) is -0.395. The smallest absolute Gasteiger partial charge is 0.261 e. The fourth-order valence-electron chi connectivity index (χ4n) is 3.84. The fraction of sp³-hybridized carbons (Fsp3) is 0.304. The van der Waals surface area contributed by atoms with Gasteiger partial charge in [-0.2, -0.15) is 0 Å². The van der Waals surface area contributed by atoms with Crippen molar-refractivity contribution in [2.75, 3.05) is 39.1 Å². The number of carbonyl (C=O) groups is 2. The molecule has 1 aliphatic rings. The summed E-state index contributed by atoms with van der Waals surface area (Å²) in [6.45, 7) is 0.800. The first-order chi connectivity index (χ1) is 16.0. The van der Waals surface area contributed by atoms with Crippen molar-refractivity contribution in [2.45, 2.75) is 12.6 Å². The lowest BCUT2D eigenvalue weighted by molar-refractivity contribution is -0.155. The molecule has 2 aromatic carbocycles. The Kier molecular flexibility index (Phi) is 6.64. The SMILES string of the molecule is COC[C@H]1C(=O)N(Cc2ccc3c(N)ncnc3c2)CCN1C(=O)COc1cccc(F)c1. The Morgan fingerprint density at radius 1 is 1.21 bits per heavy atom. The number of amides is 2. The molecule has 0 saturated carbocycles. The van der Waals surface area contributed by atoms with Gasteiger partial charge >= 0.3 is 0 Å². The number of nitrogen functional groups attached to an aromatic ring is 1. The number of carbonyl (C=O) groups excluding carboxylic acids is 2. The van der Waals surface area contributed by atoms with Gasteiger partial charge in [-0.15, -0.1) is 0 Å². The number of hydrogen-bond donors (Lipinski definition) is 1. The van der Waals surface area contributed by atoms with Gasteiger partial charge < -0.3 is 25.0 Å². The molecule has 3 aromatic rings. The van der Waals surface area contributed by atoms with Gasteiger partial charge in [-0.05, 0) is 29.8 Å². The van der Waals surface area contributed by atoms with Crippen LogP contribution in [-0.2, 0) is 20.9 Å². The molecule has 1 fully saturated rings. The van der Waals surface area contributed by atoms with Crippen molar-refractivity contribution < 1.29 is 23.5 Å². The van der Waals surface area contributed by atoms with Crippen LogP contribution in [0.25, 0.3) is 10.9 Å². The standard InChI is InChI=1S/C23H24FN5O4/c1-32-12-20-23(31)28(11-15-5-6-18-19(9-15)26-14-27-22(18)25)7-8-29(20)21(30)13-33-17-4-2-3-16(24)10-17/h2-6,9-10,14,20H,7-8,11-13H2,1H3,(H2,25,26,27)/t20-/m0/s1. The van der Waals surface area contributed by atoms with E-state index < -0.39 is 11.9 Å². The van der Waals surface area contributed by atoms with Crippen molar-refractivity contribution in [3.63, 3.8) is 0 Å². The van der Waals surface area contributed by atoms with Crippen LogP contribution < -0.4 is 10.5 Å². The maximum atomic E-state index is 13.3. The highest BCUT2D eigenvalue weighted by Gasteiger charge is 2.37. The van der Waals surface area contributed by atoms with E-state index in [0.717, 1.165) is 10.9 Å². The molecule has 1 atom stereocenters. The van der Waals surface area contributed by atoms with Crippen LogP contribution in [0, 0.1) is 5.82 Å². The Bertz CT molecular complexity index is 1170. The summed E-state index contributed by atoms with van der Waals surface area (Å²) in [5, 5.41) is 0.749. The molecule has 2 heterocycles. The third kappa shape index (κ3) is 5.01. The number of piperazine rings is 1. The topological polar surface area (TPSA) is 111 Å². The van der Waals surface area contributed by atoms with Crippen LogP contribution in [0.3, 0.4) is 0 Å². The highest BCUT2D eigenvalue weighted by atomic mass is 19.1. The Morgan fingerprint density at radius 3 is 2.85 bits per heavy atom. The molecule has 1 aromatic heterocycles. The van der Waals surface area contributed by atoms with Gasteiger partial charge in [0.1, 0.15) is 29.8 Å². The number of nitrogens with two attached hydrogens (primary N) is 1. The molecule has 4 rings (SSSR count). The number of halogens is 1. The Balaban J connectivity index is 1.44. The Hall–Kier alpha value is -3.79. The molecule has 172 valence electrons. The summed E-state index contributed by atoms with van der Waals surface area (Å²) < 4.78 is 24.0. The number of rotatable bonds is 7. The summed E-state index contributed by atoms with van der Waals surface area (Å²) in [5.41, 5.74) is 7.47. The van der Waals surface area contributed by atoms with E-state index in [1.165, 1.54) is 36.5 Å². The maximum absolute atomic E-state index is 13.3. The van der Waals surface area contributed by atoms with Gasteiger partial charge in [0.2, 0.25) is 5.91 Å². The number of hydrogen-bond acceptors (Lipinski definition) is 7. The first-order valence-electron chi connectivity index (χ1n) is 10.4. The Labute approximate surface area is 189 Å². The minimum atomic E-state index is -0.772. The predicted octanol–water partition coefficient (Wildman–Crippen LogP) is 1.62. The minimum Gasteiger partial charge on any atom is -0.484 e. The number of aromatic nitrogens is 2. The van der Waals surface area contributed by atoms with Crippen LogP contribution in [0.1, 0.15) is 5.56 Å². The number of nitrogens with zero attached hydrogens (tertiary/aromatic N) is 4. The number of ether oxygens (including phenoxy) is 2. The Morgan fingerprint density at radius 2 is 2.06 bits per heavy atom. The third-order valence-electron chi connectivity index (χ3n) is 5.49. The number of benzene rings is 2. The van der Waals surface area contributed by atoms with Crippen LogP contribution in [0.2, 0.25) is 0 Å². The largest absolute Gasteiger partial charge is 0.484 e. The van der Waals surface area contributed by atoms with Crippen LogP contribution >= 0.6 is 0 Å². The van der Waals surface area contributed by atoms with Gasteiger partial charge in [0.25, 0.3) is 5.91 Å². The molecule has 1 aliphatic heterocycles. The molecule has 0 unspecified atom stereocenters. The molecule has 10 heteroatoms. The molecular formula is C23H24FN5O4. The normalized spacial score (nSPS) is 16.3. The molecule has 9 nitrogen and oxygen atoms in total. The third-order valence-corrected chi connectivity index (χ3v) is 5.49. The lowest BCUT2D eigenvalue weighted by Crippen LogP contribution is -2.60. The molecule has 0 aliphatic carbocycles. The minimum absolute atomic E-state index is 0.0581. The van der Waals surface area contributed by atoms with E-state index in [9.17, 15) is 14.0 Å². The second-order valence-electron chi connectivity index (χ2n) is 7.67. The van der Waals surface area contributed by atoms with Crippen molar-refractivity contribution in [2.24, 2.45) is 0 Å². The average Bonchev–Trinajstić information content (AvgIpc) is 2.80.